The van der Waals surface area contributed by atoms with Crippen molar-refractivity contribution in [2.45, 2.75) is 13.5 Å². The summed E-state index contributed by atoms with van der Waals surface area (Å²) in [7, 11) is 0. The second-order valence-electron chi connectivity index (χ2n) is 3.78. The number of rotatable bonds is 4. The zero-order valence-corrected chi connectivity index (χ0v) is 9.76. The van der Waals surface area contributed by atoms with Crippen molar-refractivity contribution in [3.05, 3.63) is 58.4 Å². The Balaban J connectivity index is 2.17. The van der Waals surface area contributed by atoms with E-state index in [9.17, 15) is 4.79 Å². The van der Waals surface area contributed by atoms with E-state index < -0.39 is 0 Å². The standard InChI is InChI=1S/C13H15N3O/c1-2-16(10-11-6-4-3-5-7-11)12-8-9-13(17)15-14-12/h3-9H,2,10H2,1H3,(H,15,17). The Hall–Kier alpha value is -2.10. The van der Waals surface area contributed by atoms with E-state index in [2.05, 4.69) is 34.2 Å². The Morgan fingerprint density at radius 1 is 1.18 bits per heavy atom. The van der Waals surface area contributed by atoms with Gasteiger partial charge in [0.05, 0.1) is 0 Å². The van der Waals surface area contributed by atoms with Crippen LogP contribution in [0.5, 0.6) is 0 Å². The van der Waals surface area contributed by atoms with E-state index in [4.69, 9.17) is 0 Å². The summed E-state index contributed by atoms with van der Waals surface area (Å²) in [5.74, 6) is 0.788. The van der Waals surface area contributed by atoms with Crippen molar-refractivity contribution in [2.75, 3.05) is 11.4 Å². The maximum absolute atomic E-state index is 11.0. The van der Waals surface area contributed by atoms with Gasteiger partial charge in [0.25, 0.3) is 5.56 Å². The summed E-state index contributed by atoms with van der Waals surface area (Å²) in [6.45, 7) is 3.69. The maximum Gasteiger partial charge on any atom is 0.264 e. The molecular formula is C13H15N3O. The summed E-state index contributed by atoms with van der Waals surface area (Å²) in [6, 6.07) is 13.4. The topological polar surface area (TPSA) is 49.0 Å². The number of hydrogen-bond donors (Lipinski definition) is 1. The Bertz CT molecular complexity index is 501. The third-order valence-electron chi connectivity index (χ3n) is 2.59. The van der Waals surface area contributed by atoms with Gasteiger partial charge in [-0.2, -0.15) is 5.10 Å². The van der Waals surface area contributed by atoms with Crippen LogP contribution in [-0.2, 0) is 6.54 Å². The molecule has 1 heterocycles. The molecule has 0 saturated heterocycles. The van der Waals surface area contributed by atoms with Crippen LogP contribution in [0.1, 0.15) is 12.5 Å². The van der Waals surface area contributed by atoms with Gasteiger partial charge in [-0.3, -0.25) is 4.79 Å². The van der Waals surface area contributed by atoms with E-state index in [1.54, 1.807) is 6.07 Å². The molecule has 1 aromatic heterocycles. The van der Waals surface area contributed by atoms with Crippen LogP contribution in [0.4, 0.5) is 5.82 Å². The molecule has 0 amide bonds. The number of nitrogens with one attached hydrogen (secondary N) is 1. The fourth-order valence-electron chi connectivity index (χ4n) is 1.67. The molecule has 0 aliphatic carbocycles. The average molecular weight is 229 g/mol. The van der Waals surface area contributed by atoms with Crippen LogP contribution in [0.2, 0.25) is 0 Å². The number of anilines is 1. The molecule has 4 nitrogen and oxygen atoms in total. The third-order valence-corrected chi connectivity index (χ3v) is 2.59. The predicted octanol–water partition coefficient (Wildman–Crippen LogP) is 1.80. The number of aromatic nitrogens is 2. The van der Waals surface area contributed by atoms with Crippen molar-refractivity contribution in [1.29, 1.82) is 0 Å². The molecule has 1 N–H and O–H groups in total. The van der Waals surface area contributed by atoms with Crippen molar-refractivity contribution in [3.63, 3.8) is 0 Å². The third kappa shape index (κ3) is 2.93. The van der Waals surface area contributed by atoms with Crippen LogP contribution >= 0.6 is 0 Å². The molecular weight excluding hydrogens is 214 g/mol. The SMILES string of the molecule is CCN(Cc1ccccc1)c1ccc(=O)[nH]n1. The van der Waals surface area contributed by atoms with E-state index >= 15 is 0 Å². The first-order valence-electron chi connectivity index (χ1n) is 5.64. The highest BCUT2D eigenvalue weighted by molar-refractivity contribution is 5.37. The number of nitrogens with zero attached hydrogens (tertiary/aromatic N) is 2. The van der Waals surface area contributed by atoms with E-state index in [0.29, 0.717) is 0 Å². The lowest BCUT2D eigenvalue weighted by atomic mass is 10.2. The highest BCUT2D eigenvalue weighted by Gasteiger charge is 2.06. The number of aromatic amines is 1. The molecule has 0 bridgehead atoms. The Morgan fingerprint density at radius 2 is 1.94 bits per heavy atom. The van der Waals surface area contributed by atoms with Gasteiger partial charge in [-0.15, -0.1) is 0 Å². The predicted molar refractivity (Wildman–Crippen MR) is 68.0 cm³/mol. The Kier molecular flexibility index (Phi) is 3.55. The van der Waals surface area contributed by atoms with Gasteiger partial charge in [0.2, 0.25) is 0 Å². The Morgan fingerprint density at radius 3 is 2.53 bits per heavy atom. The molecule has 0 saturated carbocycles. The fraction of sp³-hybridized carbons (Fsp3) is 0.231. The maximum atomic E-state index is 11.0. The number of H-pyrrole nitrogens is 1. The lowest BCUT2D eigenvalue weighted by Gasteiger charge is -2.21. The second-order valence-corrected chi connectivity index (χ2v) is 3.78. The first kappa shape index (κ1) is 11.4. The minimum atomic E-state index is -0.176. The molecule has 4 heteroatoms. The molecule has 0 aliphatic heterocycles. The monoisotopic (exact) mass is 229 g/mol. The van der Waals surface area contributed by atoms with Gasteiger partial charge in [0.1, 0.15) is 5.82 Å². The quantitative estimate of drug-likeness (QED) is 0.869. The highest BCUT2D eigenvalue weighted by atomic mass is 16.1. The van der Waals surface area contributed by atoms with E-state index in [1.165, 1.54) is 11.6 Å². The van der Waals surface area contributed by atoms with Crippen molar-refractivity contribution in [2.24, 2.45) is 0 Å². The van der Waals surface area contributed by atoms with Crippen LogP contribution in [-0.4, -0.2) is 16.7 Å². The molecule has 0 atom stereocenters. The van der Waals surface area contributed by atoms with Crippen molar-refractivity contribution in [3.8, 4) is 0 Å². The van der Waals surface area contributed by atoms with E-state index in [1.807, 2.05) is 18.2 Å². The van der Waals surface area contributed by atoms with Crippen LogP contribution in [0, 0.1) is 0 Å². The molecule has 2 rings (SSSR count). The molecule has 88 valence electrons. The minimum Gasteiger partial charge on any atom is -0.351 e. The molecule has 0 spiro atoms. The van der Waals surface area contributed by atoms with Crippen molar-refractivity contribution >= 4 is 5.82 Å². The van der Waals surface area contributed by atoms with Crippen molar-refractivity contribution < 1.29 is 0 Å². The van der Waals surface area contributed by atoms with Crippen LogP contribution in [0.25, 0.3) is 0 Å². The van der Waals surface area contributed by atoms with Gasteiger partial charge in [-0.1, -0.05) is 30.3 Å². The summed E-state index contributed by atoms with van der Waals surface area (Å²) in [4.78, 5) is 13.1. The lowest BCUT2D eigenvalue weighted by molar-refractivity contribution is 0.792. The zero-order valence-electron chi connectivity index (χ0n) is 9.76. The van der Waals surface area contributed by atoms with Gasteiger partial charge in [-0.05, 0) is 18.6 Å². The molecule has 0 radical (unpaired) electrons. The average Bonchev–Trinajstić information content (AvgIpc) is 2.38. The van der Waals surface area contributed by atoms with Gasteiger partial charge in [0.15, 0.2) is 0 Å². The van der Waals surface area contributed by atoms with Gasteiger partial charge in [0, 0.05) is 19.2 Å². The van der Waals surface area contributed by atoms with E-state index in [-0.39, 0.29) is 5.56 Å². The largest absolute Gasteiger partial charge is 0.351 e. The van der Waals surface area contributed by atoms with Gasteiger partial charge in [-0.25, -0.2) is 5.10 Å². The molecule has 0 unspecified atom stereocenters. The molecule has 2 aromatic rings. The number of hydrogen-bond acceptors (Lipinski definition) is 3. The van der Waals surface area contributed by atoms with Gasteiger partial charge >= 0.3 is 0 Å². The summed E-state index contributed by atoms with van der Waals surface area (Å²) in [5, 5.41) is 6.49. The lowest BCUT2D eigenvalue weighted by Crippen LogP contribution is -2.24. The summed E-state index contributed by atoms with van der Waals surface area (Å²) < 4.78 is 0. The zero-order chi connectivity index (χ0) is 12.1. The minimum absolute atomic E-state index is 0.176. The molecule has 1 aromatic carbocycles. The van der Waals surface area contributed by atoms with Crippen LogP contribution in [0.15, 0.2) is 47.3 Å². The summed E-state index contributed by atoms with van der Waals surface area (Å²) in [5.41, 5.74) is 1.05. The Labute approximate surface area is 99.9 Å². The fourth-order valence-corrected chi connectivity index (χ4v) is 1.67. The van der Waals surface area contributed by atoms with E-state index in [0.717, 1.165) is 18.9 Å². The number of benzene rings is 1. The second kappa shape index (κ2) is 5.30. The van der Waals surface area contributed by atoms with Crippen LogP contribution < -0.4 is 10.5 Å². The first-order chi connectivity index (χ1) is 8.29. The molecule has 0 fully saturated rings. The normalized spacial score (nSPS) is 10.2. The summed E-state index contributed by atoms with van der Waals surface area (Å²) in [6.07, 6.45) is 0. The summed E-state index contributed by atoms with van der Waals surface area (Å²) >= 11 is 0. The highest BCUT2D eigenvalue weighted by Crippen LogP contribution is 2.11. The van der Waals surface area contributed by atoms with Crippen molar-refractivity contribution in [1.82, 2.24) is 10.2 Å². The van der Waals surface area contributed by atoms with Gasteiger partial charge < -0.3 is 4.90 Å². The molecule has 0 aliphatic rings. The van der Waals surface area contributed by atoms with Crippen LogP contribution in [0.3, 0.4) is 0 Å². The molecule has 17 heavy (non-hydrogen) atoms. The first-order valence-corrected chi connectivity index (χ1v) is 5.64. The smallest absolute Gasteiger partial charge is 0.264 e.